The van der Waals surface area contributed by atoms with Crippen molar-refractivity contribution in [3.8, 4) is 10.4 Å². The van der Waals surface area contributed by atoms with E-state index in [9.17, 15) is 0 Å². The Hall–Kier alpha value is -1.54. The Morgan fingerprint density at radius 2 is 1.94 bits per heavy atom. The van der Waals surface area contributed by atoms with Crippen molar-refractivity contribution in [1.29, 1.82) is 0 Å². The molecule has 2 aromatic heterocycles. The Balaban J connectivity index is 2.06. The molecule has 1 saturated carbocycles. The molecular weight excluding hydrogens is 226 g/mol. The van der Waals surface area contributed by atoms with Gasteiger partial charge in [0.25, 0.3) is 0 Å². The smallest absolute Gasteiger partial charge is 0.0462 e. The summed E-state index contributed by atoms with van der Waals surface area (Å²) >= 11 is 1.83. The van der Waals surface area contributed by atoms with Gasteiger partial charge in [-0.2, -0.15) is 0 Å². The quantitative estimate of drug-likeness (QED) is 0.662. The number of rotatable bonds is 2. The molecule has 1 aliphatic rings. The molecule has 2 heterocycles. The molecule has 3 aromatic rings. The number of nitrogens with one attached hydrogen (secondary N) is 1. The standard InChI is InChI=1S/C15H13NS/c1-2-5-12-11(4-1)14(13-6-3-9-17-13)15(16-12)10-7-8-10/h1-6,9-10,16H,7-8H2. The van der Waals surface area contributed by atoms with Gasteiger partial charge in [-0.15, -0.1) is 11.3 Å². The summed E-state index contributed by atoms with van der Waals surface area (Å²) in [6.07, 6.45) is 2.68. The van der Waals surface area contributed by atoms with Crippen LogP contribution in [-0.2, 0) is 0 Å². The van der Waals surface area contributed by atoms with Crippen molar-refractivity contribution in [2.45, 2.75) is 18.8 Å². The molecule has 17 heavy (non-hydrogen) atoms. The lowest BCUT2D eigenvalue weighted by molar-refractivity contribution is 1.07. The number of aromatic nitrogens is 1. The summed E-state index contributed by atoms with van der Waals surface area (Å²) in [7, 11) is 0. The number of benzene rings is 1. The van der Waals surface area contributed by atoms with E-state index in [1.54, 1.807) is 0 Å². The largest absolute Gasteiger partial charge is 0.358 e. The lowest BCUT2D eigenvalue weighted by atomic mass is 10.1. The summed E-state index contributed by atoms with van der Waals surface area (Å²) in [6.45, 7) is 0. The first kappa shape index (κ1) is 9.49. The fraction of sp³-hybridized carbons (Fsp3) is 0.200. The fourth-order valence-electron chi connectivity index (χ4n) is 2.53. The fourth-order valence-corrected chi connectivity index (χ4v) is 3.33. The first-order valence-electron chi connectivity index (χ1n) is 6.08. The Bertz CT molecular complexity index is 659. The lowest BCUT2D eigenvalue weighted by Crippen LogP contribution is -1.81. The third-order valence-electron chi connectivity index (χ3n) is 3.49. The number of H-pyrrole nitrogens is 1. The van der Waals surface area contributed by atoms with Crippen LogP contribution in [0.4, 0.5) is 0 Å². The molecule has 0 unspecified atom stereocenters. The van der Waals surface area contributed by atoms with Crippen molar-refractivity contribution in [2.75, 3.05) is 0 Å². The van der Waals surface area contributed by atoms with Crippen LogP contribution in [0.15, 0.2) is 41.8 Å². The van der Waals surface area contributed by atoms with Crippen LogP contribution in [0.2, 0.25) is 0 Å². The molecule has 84 valence electrons. The molecule has 0 spiro atoms. The second-order valence-electron chi connectivity index (χ2n) is 4.71. The van der Waals surface area contributed by atoms with Gasteiger partial charge in [0.05, 0.1) is 0 Å². The number of aromatic amines is 1. The van der Waals surface area contributed by atoms with E-state index in [1.807, 2.05) is 11.3 Å². The second-order valence-corrected chi connectivity index (χ2v) is 5.66. The molecule has 2 heteroatoms. The van der Waals surface area contributed by atoms with Gasteiger partial charge in [-0.25, -0.2) is 0 Å². The third-order valence-corrected chi connectivity index (χ3v) is 4.38. The van der Waals surface area contributed by atoms with E-state index < -0.39 is 0 Å². The number of fused-ring (bicyclic) bond motifs is 1. The molecule has 0 saturated heterocycles. The number of para-hydroxylation sites is 1. The Morgan fingerprint density at radius 3 is 2.71 bits per heavy atom. The molecule has 1 nitrogen and oxygen atoms in total. The average molecular weight is 239 g/mol. The van der Waals surface area contributed by atoms with Crippen molar-refractivity contribution in [3.63, 3.8) is 0 Å². The monoisotopic (exact) mass is 239 g/mol. The summed E-state index contributed by atoms with van der Waals surface area (Å²) in [5, 5.41) is 3.53. The maximum absolute atomic E-state index is 3.62. The normalized spacial score (nSPS) is 15.5. The van der Waals surface area contributed by atoms with Crippen LogP contribution in [0.3, 0.4) is 0 Å². The Kier molecular flexibility index (Phi) is 1.94. The molecule has 0 amide bonds. The van der Waals surface area contributed by atoms with Gasteiger partial charge in [-0.05, 0) is 36.3 Å². The highest BCUT2D eigenvalue weighted by atomic mass is 32.1. The van der Waals surface area contributed by atoms with E-state index in [1.165, 1.54) is 39.9 Å². The SMILES string of the molecule is c1csc(-c2c(C3CC3)[nH]c3ccccc23)c1. The van der Waals surface area contributed by atoms with E-state index in [4.69, 9.17) is 0 Å². The molecule has 0 atom stereocenters. The minimum absolute atomic E-state index is 0.763. The Labute approximate surface area is 104 Å². The number of hydrogen-bond donors (Lipinski definition) is 1. The molecule has 1 aromatic carbocycles. The second kappa shape index (κ2) is 3.47. The van der Waals surface area contributed by atoms with Gasteiger partial charge in [0.2, 0.25) is 0 Å². The molecular formula is C15H13NS. The van der Waals surface area contributed by atoms with E-state index in [0.717, 1.165) is 5.92 Å². The van der Waals surface area contributed by atoms with Crippen LogP contribution in [0.1, 0.15) is 24.5 Å². The maximum atomic E-state index is 3.62. The van der Waals surface area contributed by atoms with Crippen molar-refractivity contribution < 1.29 is 0 Å². The zero-order chi connectivity index (χ0) is 11.2. The zero-order valence-corrected chi connectivity index (χ0v) is 10.3. The van der Waals surface area contributed by atoms with Gasteiger partial charge >= 0.3 is 0 Å². The van der Waals surface area contributed by atoms with Crippen molar-refractivity contribution in [2.24, 2.45) is 0 Å². The summed E-state index contributed by atoms with van der Waals surface area (Å²) < 4.78 is 0. The lowest BCUT2D eigenvalue weighted by Gasteiger charge is -2.00. The van der Waals surface area contributed by atoms with Crippen LogP contribution in [0.5, 0.6) is 0 Å². The molecule has 0 bridgehead atoms. The van der Waals surface area contributed by atoms with Crippen molar-refractivity contribution >= 4 is 22.2 Å². The van der Waals surface area contributed by atoms with Crippen molar-refractivity contribution in [1.82, 2.24) is 4.98 Å². The summed E-state index contributed by atoms with van der Waals surface area (Å²) in [6, 6.07) is 13.0. The predicted molar refractivity (Wildman–Crippen MR) is 73.6 cm³/mol. The summed E-state index contributed by atoms with van der Waals surface area (Å²) in [5.41, 5.74) is 4.17. The average Bonchev–Trinajstić information content (AvgIpc) is 2.92. The highest BCUT2D eigenvalue weighted by Gasteiger charge is 2.29. The van der Waals surface area contributed by atoms with Crippen molar-refractivity contribution in [3.05, 3.63) is 47.5 Å². The molecule has 1 aliphatic carbocycles. The van der Waals surface area contributed by atoms with Crippen LogP contribution in [0, 0.1) is 0 Å². The van der Waals surface area contributed by atoms with Gasteiger partial charge in [0.1, 0.15) is 0 Å². The van der Waals surface area contributed by atoms with E-state index in [2.05, 4.69) is 46.8 Å². The minimum Gasteiger partial charge on any atom is -0.358 e. The van der Waals surface area contributed by atoms with Crippen LogP contribution in [0.25, 0.3) is 21.3 Å². The molecule has 1 fully saturated rings. The third kappa shape index (κ3) is 1.44. The predicted octanol–water partition coefficient (Wildman–Crippen LogP) is 4.77. The first-order valence-corrected chi connectivity index (χ1v) is 6.96. The van der Waals surface area contributed by atoms with Gasteiger partial charge in [0.15, 0.2) is 0 Å². The van der Waals surface area contributed by atoms with Gasteiger partial charge in [-0.1, -0.05) is 24.3 Å². The van der Waals surface area contributed by atoms with E-state index in [0.29, 0.717) is 0 Å². The zero-order valence-electron chi connectivity index (χ0n) is 9.44. The summed E-state index contributed by atoms with van der Waals surface area (Å²) in [5.74, 6) is 0.763. The highest BCUT2D eigenvalue weighted by Crippen LogP contribution is 2.47. The van der Waals surface area contributed by atoms with Crippen LogP contribution >= 0.6 is 11.3 Å². The molecule has 0 aliphatic heterocycles. The number of hydrogen-bond acceptors (Lipinski definition) is 1. The maximum Gasteiger partial charge on any atom is 0.0462 e. The first-order chi connectivity index (χ1) is 8.43. The Morgan fingerprint density at radius 1 is 1.06 bits per heavy atom. The van der Waals surface area contributed by atoms with E-state index in [-0.39, 0.29) is 0 Å². The minimum atomic E-state index is 0.763. The van der Waals surface area contributed by atoms with Crippen LogP contribution in [-0.4, -0.2) is 4.98 Å². The van der Waals surface area contributed by atoms with E-state index >= 15 is 0 Å². The summed E-state index contributed by atoms with van der Waals surface area (Å²) in [4.78, 5) is 5.01. The topological polar surface area (TPSA) is 15.8 Å². The van der Waals surface area contributed by atoms with Gasteiger partial charge in [-0.3, -0.25) is 0 Å². The van der Waals surface area contributed by atoms with Gasteiger partial charge in [0, 0.05) is 27.0 Å². The molecule has 1 N–H and O–H groups in total. The highest BCUT2D eigenvalue weighted by molar-refractivity contribution is 7.13. The number of thiophene rings is 1. The van der Waals surface area contributed by atoms with Crippen LogP contribution < -0.4 is 0 Å². The molecule has 0 radical (unpaired) electrons. The molecule has 4 rings (SSSR count). The van der Waals surface area contributed by atoms with Gasteiger partial charge < -0.3 is 4.98 Å².